The summed E-state index contributed by atoms with van der Waals surface area (Å²) in [5.41, 5.74) is 6.88. The zero-order chi connectivity index (χ0) is 13.1. The average molecular weight is 312 g/mol. The molecule has 1 saturated heterocycles. The number of nitrogens with one attached hydrogen (secondary N) is 1. The van der Waals surface area contributed by atoms with Gasteiger partial charge in [0.05, 0.1) is 5.56 Å². The van der Waals surface area contributed by atoms with Gasteiger partial charge >= 0.3 is 0 Å². The summed E-state index contributed by atoms with van der Waals surface area (Å²) >= 11 is 3.33. The fraction of sp³-hybridized carbons (Fsp3) is 0.462. The molecule has 3 N–H and O–H groups in total. The molecule has 0 radical (unpaired) electrons. The van der Waals surface area contributed by atoms with Crippen molar-refractivity contribution < 1.29 is 4.79 Å². The number of rotatable bonds is 3. The van der Waals surface area contributed by atoms with Crippen LogP contribution in [0.1, 0.15) is 16.8 Å². The second kappa shape index (κ2) is 5.71. The second-order valence-electron chi connectivity index (χ2n) is 4.86. The molecule has 1 aliphatic heterocycles. The highest BCUT2D eigenvalue weighted by molar-refractivity contribution is 9.10. The third kappa shape index (κ3) is 3.23. The van der Waals surface area contributed by atoms with Gasteiger partial charge in [0.25, 0.3) is 5.91 Å². The van der Waals surface area contributed by atoms with Crippen LogP contribution in [0.2, 0.25) is 0 Å². The molecule has 0 aliphatic carbocycles. The van der Waals surface area contributed by atoms with E-state index in [1.54, 1.807) is 12.1 Å². The molecule has 0 saturated carbocycles. The van der Waals surface area contributed by atoms with Crippen molar-refractivity contribution in [3.05, 3.63) is 28.2 Å². The van der Waals surface area contributed by atoms with E-state index in [0.717, 1.165) is 30.5 Å². The van der Waals surface area contributed by atoms with Gasteiger partial charge in [-0.25, -0.2) is 0 Å². The van der Waals surface area contributed by atoms with Crippen molar-refractivity contribution in [1.82, 2.24) is 10.2 Å². The Morgan fingerprint density at radius 2 is 2.39 bits per heavy atom. The molecule has 1 atom stereocenters. The van der Waals surface area contributed by atoms with Crippen molar-refractivity contribution >= 4 is 27.5 Å². The molecule has 4 nitrogen and oxygen atoms in total. The fourth-order valence-corrected chi connectivity index (χ4v) is 2.64. The summed E-state index contributed by atoms with van der Waals surface area (Å²) in [6.45, 7) is 2.88. The summed E-state index contributed by atoms with van der Waals surface area (Å²) in [5.74, 6) is 0.463. The number of nitrogens with two attached hydrogens (primary N) is 1. The van der Waals surface area contributed by atoms with E-state index in [2.05, 4.69) is 33.2 Å². The van der Waals surface area contributed by atoms with Crippen molar-refractivity contribution in [2.45, 2.75) is 6.42 Å². The molecule has 5 heteroatoms. The lowest BCUT2D eigenvalue weighted by atomic mass is 10.1. The molecular formula is C13H18BrN3O. The normalized spacial score (nSPS) is 20.0. The van der Waals surface area contributed by atoms with Gasteiger partial charge in [0.15, 0.2) is 0 Å². The van der Waals surface area contributed by atoms with Crippen LogP contribution in [0.5, 0.6) is 0 Å². The maximum Gasteiger partial charge on any atom is 0.253 e. The van der Waals surface area contributed by atoms with E-state index < -0.39 is 0 Å². The van der Waals surface area contributed by atoms with E-state index in [1.165, 1.54) is 0 Å². The molecule has 1 amide bonds. The van der Waals surface area contributed by atoms with Crippen molar-refractivity contribution in [3.63, 3.8) is 0 Å². The van der Waals surface area contributed by atoms with Gasteiger partial charge in [-0.2, -0.15) is 0 Å². The monoisotopic (exact) mass is 311 g/mol. The first-order valence-electron chi connectivity index (χ1n) is 6.08. The molecule has 1 aromatic rings. The number of hydrogen-bond donors (Lipinski definition) is 2. The van der Waals surface area contributed by atoms with Crippen molar-refractivity contribution in [2.75, 3.05) is 32.4 Å². The average Bonchev–Trinajstić information content (AvgIpc) is 2.72. The molecular weight excluding hydrogens is 294 g/mol. The zero-order valence-electron chi connectivity index (χ0n) is 10.4. The lowest BCUT2D eigenvalue weighted by molar-refractivity contribution is 0.0948. The molecule has 1 fully saturated rings. The number of carbonyl (C=O) groups is 1. The van der Waals surface area contributed by atoms with Crippen LogP contribution in [0.4, 0.5) is 5.69 Å². The van der Waals surface area contributed by atoms with Crippen molar-refractivity contribution in [1.29, 1.82) is 0 Å². The predicted molar refractivity (Wildman–Crippen MR) is 76.5 cm³/mol. The number of likely N-dealkylation sites (tertiary alicyclic amines) is 1. The van der Waals surface area contributed by atoms with Gasteiger partial charge in [-0.15, -0.1) is 0 Å². The predicted octanol–water partition coefficient (Wildman–Crippen LogP) is 1.71. The van der Waals surface area contributed by atoms with E-state index in [-0.39, 0.29) is 5.91 Å². The first-order chi connectivity index (χ1) is 8.56. The summed E-state index contributed by atoms with van der Waals surface area (Å²) in [7, 11) is 2.11. The summed E-state index contributed by atoms with van der Waals surface area (Å²) in [4.78, 5) is 14.3. The molecule has 1 aromatic carbocycles. The molecule has 0 aromatic heterocycles. The van der Waals surface area contributed by atoms with Crippen LogP contribution in [0.15, 0.2) is 22.7 Å². The van der Waals surface area contributed by atoms with Crippen LogP contribution in [-0.4, -0.2) is 37.5 Å². The second-order valence-corrected chi connectivity index (χ2v) is 5.77. The first-order valence-corrected chi connectivity index (χ1v) is 6.87. The molecule has 0 bridgehead atoms. The highest BCUT2D eigenvalue weighted by atomic mass is 79.9. The maximum absolute atomic E-state index is 12.0. The topological polar surface area (TPSA) is 58.4 Å². The van der Waals surface area contributed by atoms with Crippen LogP contribution in [0, 0.1) is 5.92 Å². The summed E-state index contributed by atoms with van der Waals surface area (Å²) in [6, 6.07) is 5.32. The van der Waals surface area contributed by atoms with Gasteiger partial charge in [0.1, 0.15) is 0 Å². The lowest BCUT2D eigenvalue weighted by Crippen LogP contribution is -2.30. The molecule has 1 heterocycles. The number of hydrogen-bond acceptors (Lipinski definition) is 3. The number of nitrogen functional groups attached to an aromatic ring is 1. The SMILES string of the molecule is CN1CCC(CNC(=O)c2ccc(Br)cc2N)C1. The minimum atomic E-state index is -0.0884. The van der Waals surface area contributed by atoms with Gasteiger partial charge in [-0.05, 0) is 44.1 Å². The Hall–Kier alpha value is -1.07. The summed E-state index contributed by atoms with van der Waals surface area (Å²) < 4.78 is 0.883. The minimum absolute atomic E-state index is 0.0884. The third-order valence-electron chi connectivity index (χ3n) is 3.30. The van der Waals surface area contributed by atoms with E-state index in [1.807, 2.05) is 6.07 Å². The minimum Gasteiger partial charge on any atom is -0.398 e. The molecule has 1 aliphatic rings. The van der Waals surface area contributed by atoms with Crippen LogP contribution < -0.4 is 11.1 Å². The van der Waals surface area contributed by atoms with Gasteiger partial charge in [0, 0.05) is 23.2 Å². The molecule has 18 heavy (non-hydrogen) atoms. The molecule has 0 spiro atoms. The molecule has 98 valence electrons. The van der Waals surface area contributed by atoms with Crippen LogP contribution in [0.3, 0.4) is 0 Å². The first kappa shape index (κ1) is 13.4. The number of anilines is 1. The third-order valence-corrected chi connectivity index (χ3v) is 3.79. The Kier molecular flexibility index (Phi) is 4.24. The zero-order valence-corrected chi connectivity index (χ0v) is 12.0. The Morgan fingerprint density at radius 3 is 3.00 bits per heavy atom. The molecule has 1 unspecified atom stereocenters. The molecule has 2 rings (SSSR count). The van der Waals surface area contributed by atoms with E-state index in [9.17, 15) is 4.79 Å². The van der Waals surface area contributed by atoms with Gasteiger partial charge in [0.2, 0.25) is 0 Å². The van der Waals surface area contributed by atoms with Crippen LogP contribution >= 0.6 is 15.9 Å². The van der Waals surface area contributed by atoms with Crippen molar-refractivity contribution in [3.8, 4) is 0 Å². The standard InChI is InChI=1S/C13H18BrN3O/c1-17-5-4-9(8-17)7-16-13(18)11-3-2-10(14)6-12(11)15/h2-3,6,9H,4-5,7-8,15H2,1H3,(H,16,18). The van der Waals surface area contributed by atoms with E-state index in [4.69, 9.17) is 5.73 Å². The maximum atomic E-state index is 12.0. The highest BCUT2D eigenvalue weighted by Gasteiger charge is 2.20. The van der Waals surface area contributed by atoms with Crippen LogP contribution in [0.25, 0.3) is 0 Å². The van der Waals surface area contributed by atoms with Gasteiger partial charge < -0.3 is 16.0 Å². The Bertz CT molecular complexity index is 450. The summed E-state index contributed by atoms with van der Waals surface area (Å²) in [6.07, 6.45) is 1.15. The van der Waals surface area contributed by atoms with Crippen LogP contribution in [-0.2, 0) is 0 Å². The number of halogens is 1. The smallest absolute Gasteiger partial charge is 0.253 e. The number of carbonyl (C=O) groups excluding carboxylic acids is 1. The fourth-order valence-electron chi connectivity index (χ4n) is 2.27. The van der Waals surface area contributed by atoms with E-state index >= 15 is 0 Å². The largest absolute Gasteiger partial charge is 0.398 e. The highest BCUT2D eigenvalue weighted by Crippen LogP contribution is 2.19. The quantitative estimate of drug-likeness (QED) is 0.836. The van der Waals surface area contributed by atoms with Gasteiger partial charge in [-0.1, -0.05) is 15.9 Å². The number of benzene rings is 1. The van der Waals surface area contributed by atoms with E-state index in [0.29, 0.717) is 17.2 Å². The Labute approximate surface area is 116 Å². The van der Waals surface area contributed by atoms with Crippen molar-refractivity contribution in [2.24, 2.45) is 5.92 Å². The Morgan fingerprint density at radius 1 is 1.61 bits per heavy atom. The number of amides is 1. The van der Waals surface area contributed by atoms with Gasteiger partial charge in [-0.3, -0.25) is 4.79 Å². The lowest BCUT2D eigenvalue weighted by Gasteiger charge is -2.12. The summed E-state index contributed by atoms with van der Waals surface area (Å²) in [5, 5.41) is 2.96. The Balaban J connectivity index is 1.91. The number of nitrogens with zero attached hydrogens (tertiary/aromatic N) is 1.